The van der Waals surface area contributed by atoms with Crippen LogP contribution in [0.4, 0.5) is 5.69 Å². The molecule has 0 aliphatic rings. The summed E-state index contributed by atoms with van der Waals surface area (Å²) < 4.78 is 0. The van der Waals surface area contributed by atoms with Crippen molar-refractivity contribution in [2.75, 3.05) is 11.9 Å². The van der Waals surface area contributed by atoms with Gasteiger partial charge in [0.2, 0.25) is 0 Å². The van der Waals surface area contributed by atoms with Crippen LogP contribution in [0.5, 0.6) is 0 Å². The smallest absolute Gasteiger partial charge is 0.269 e. The van der Waals surface area contributed by atoms with Crippen LogP contribution in [-0.4, -0.2) is 17.9 Å². The van der Waals surface area contributed by atoms with Crippen molar-refractivity contribution >= 4 is 22.9 Å². The molecule has 2 aromatic rings. The fourth-order valence-corrected chi connectivity index (χ4v) is 2.26. The molecule has 0 saturated carbocycles. The van der Waals surface area contributed by atoms with Crippen molar-refractivity contribution < 1.29 is 4.79 Å². The van der Waals surface area contributed by atoms with E-state index in [2.05, 4.69) is 4.98 Å². The third kappa shape index (κ3) is 2.39. The highest BCUT2D eigenvalue weighted by Gasteiger charge is 2.15. The number of benzene rings is 1. The molecule has 0 atom stereocenters. The van der Waals surface area contributed by atoms with E-state index in [1.807, 2.05) is 13.0 Å². The van der Waals surface area contributed by atoms with Crippen molar-refractivity contribution in [1.29, 1.82) is 5.26 Å². The maximum atomic E-state index is 12.1. The summed E-state index contributed by atoms with van der Waals surface area (Å²) in [5.74, 6) is -0.0923. The molecule has 90 valence electrons. The first-order chi connectivity index (χ1) is 8.61. The Hall–Kier alpha value is -2.19. The molecule has 0 bridgehead atoms. The Morgan fingerprint density at radius 2 is 2.06 bits per heavy atom. The molecule has 0 N–H and O–H groups in total. The Balaban J connectivity index is 2.23. The van der Waals surface area contributed by atoms with E-state index in [4.69, 9.17) is 5.26 Å². The molecule has 2 rings (SSSR count). The van der Waals surface area contributed by atoms with Gasteiger partial charge in [0.1, 0.15) is 4.88 Å². The van der Waals surface area contributed by atoms with E-state index in [-0.39, 0.29) is 5.91 Å². The van der Waals surface area contributed by atoms with Crippen molar-refractivity contribution in [3.05, 3.63) is 45.9 Å². The summed E-state index contributed by atoms with van der Waals surface area (Å²) >= 11 is 1.37. The number of aryl methyl sites for hydroxylation is 1. The van der Waals surface area contributed by atoms with Crippen molar-refractivity contribution in [2.24, 2.45) is 0 Å². The van der Waals surface area contributed by atoms with Crippen LogP contribution >= 0.6 is 11.3 Å². The zero-order valence-corrected chi connectivity index (χ0v) is 10.9. The molecule has 0 aliphatic heterocycles. The van der Waals surface area contributed by atoms with E-state index in [1.54, 1.807) is 42.4 Å². The Morgan fingerprint density at radius 3 is 2.56 bits per heavy atom. The highest BCUT2D eigenvalue weighted by molar-refractivity contribution is 7.13. The van der Waals surface area contributed by atoms with Crippen molar-refractivity contribution in [3.8, 4) is 6.07 Å². The molecule has 0 spiro atoms. The molecule has 0 fully saturated rings. The van der Waals surface area contributed by atoms with Gasteiger partial charge in [0.25, 0.3) is 5.91 Å². The highest BCUT2D eigenvalue weighted by Crippen LogP contribution is 2.19. The van der Waals surface area contributed by atoms with E-state index in [1.165, 1.54) is 11.3 Å². The lowest BCUT2D eigenvalue weighted by Crippen LogP contribution is -2.25. The number of amides is 1. The maximum Gasteiger partial charge on any atom is 0.269 e. The summed E-state index contributed by atoms with van der Waals surface area (Å²) in [6.07, 6.45) is 1.59. The Labute approximate surface area is 109 Å². The topological polar surface area (TPSA) is 57.0 Å². The van der Waals surface area contributed by atoms with Crippen LogP contribution in [0.1, 0.15) is 20.2 Å². The van der Waals surface area contributed by atoms with Gasteiger partial charge in [-0.25, -0.2) is 4.98 Å². The van der Waals surface area contributed by atoms with Gasteiger partial charge in [-0.2, -0.15) is 5.26 Å². The Kier molecular flexibility index (Phi) is 3.40. The van der Waals surface area contributed by atoms with Gasteiger partial charge in [-0.05, 0) is 31.2 Å². The van der Waals surface area contributed by atoms with Crippen LogP contribution in [0.3, 0.4) is 0 Å². The van der Waals surface area contributed by atoms with Gasteiger partial charge in [0.15, 0.2) is 0 Å². The number of hydrogen-bond acceptors (Lipinski definition) is 4. The molecule has 1 aromatic carbocycles. The van der Waals surface area contributed by atoms with E-state index in [0.29, 0.717) is 10.4 Å². The second-order valence-electron chi connectivity index (χ2n) is 3.77. The number of nitrogens with zero attached hydrogens (tertiary/aromatic N) is 3. The summed E-state index contributed by atoms with van der Waals surface area (Å²) in [6.45, 7) is 1.86. The second kappa shape index (κ2) is 4.98. The quantitative estimate of drug-likeness (QED) is 0.831. The van der Waals surface area contributed by atoms with E-state index in [9.17, 15) is 4.79 Å². The van der Waals surface area contributed by atoms with E-state index < -0.39 is 0 Å². The van der Waals surface area contributed by atoms with Gasteiger partial charge < -0.3 is 4.90 Å². The van der Waals surface area contributed by atoms with Gasteiger partial charge >= 0.3 is 0 Å². The van der Waals surface area contributed by atoms with Gasteiger partial charge in [-0.1, -0.05) is 0 Å². The minimum Gasteiger partial charge on any atom is -0.311 e. The number of rotatable bonds is 2. The molecular weight excluding hydrogens is 246 g/mol. The standard InChI is InChI=1S/C13H11N3OS/c1-9-15-8-12(18-9)13(17)16(2)11-5-3-10(7-14)4-6-11/h3-6,8H,1-2H3. The molecule has 0 unspecified atom stereocenters. The zero-order valence-electron chi connectivity index (χ0n) is 10.0. The minimum absolute atomic E-state index is 0.0923. The molecule has 0 radical (unpaired) electrons. The number of nitriles is 1. The van der Waals surface area contributed by atoms with Crippen LogP contribution in [0.2, 0.25) is 0 Å². The van der Waals surface area contributed by atoms with Gasteiger partial charge in [0, 0.05) is 12.7 Å². The van der Waals surface area contributed by atoms with Crippen molar-refractivity contribution in [1.82, 2.24) is 4.98 Å². The van der Waals surface area contributed by atoms with Gasteiger partial charge in [-0.15, -0.1) is 11.3 Å². The predicted octanol–water partition coefficient (Wildman–Crippen LogP) is 2.60. The third-order valence-corrected chi connectivity index (χ3v) is 3.42. The van der Waals surface area contributed by atoms with Crippen molar-refractivity contribution in [2.45, 2.75) is 6.92 Å². The summed E-state index contributed by atoms with van der Waals surface area (Å²) in [5, 5.41) is 9.59. The number of thiazole rings is 1. The average Bonchev–Trinajstić information content (AvgIpc) is 2.84. The molecule has 18 heavy (non-hydrogen) atoms. The second-order valence-corrected chi connectivity index (χ2v) is 5.00. The molecule has 0 aliphatic carbocycles. The Morgan fingerprint density at radius 1 is 1.39 bits per heavy atom. The monoisotopic (exact) mass is 257 g/mol. The van der Waals surface area contributed by atoms with Crippen LogP contribution in [0, 0.1) is 18.3 Å². The van der Waals surface area contributed by atoms with Crippen LogP contribution < -0.4 is 4.90 Å². The fraction of sp³-hybridized carbons (Fsp3) is 0.154. The summed E-state index contributed by atoms with van der Waals surface area (Å²) in [5.41, 5.74) is 1.33. The number of aromatic nitrogens is 1. The lowest BCUT2D eigenvalue weighted by atomic mass is 10.2. The lowest BCUT2D eigenvalue weighted by molar-refractivity contribution is 0.0996. The van der Waals surface area contributed by atoms with E-state index >= 15 is 0 Å². The lowest BCUT2D eigenvalue weighted by Gasteiger charge is -2.15. The average molecular weight is 257 g/mol. The number of anilines is 1. The molecule has 1 heterocycles. The number of carbonyl (C=O) groups is 1. The summed E-state index contributed by atoms with van der Waals surface area (Å²) in [4.78, 5) is 18.4. The summed E-state index contributed by atoms with van der Waals surface area (Å²) in [6, 6.07) is 8.94. The van der Waals surface area contributed by atoms with Gasteiger partial charge in [-0.3, -0.25) is 4.79 Å². The predicted molar refractivity (Wildman–Crippen MR) is 70.7 cm³/mol. The molecule has 1 amide bonds. The zero-order chi connectivity index (χ0) is 13.1. The van der Waals surface area contributed by atoms with Crippen LogP contribution in [0.15, 0.2) is 30.5 Å². The molecule has 5 heteroatoms. The largest absolute Gasteiger partial charge is 0.311 e. The van der Waals surface area contributed by atoms with Crippen LogP contribution in [0.25, 0.3) is 0 Å². The first kappa shape index (κ1) is 12.3. The van der Waals surface area contributed by atoms with Crippen LogP contribution in [-0.2, 0) is 0 Å². The maximum absolute atomic E-state index is 12.1. The first-order valence-corrected chi connectivity index (χ1v) is 6.14. The van der Waals surface area contributed by atoms with Crippen molar-refractivity contribution in [3.63, 3.8) is 0 Å². The third-order valence-electron chi connectivity index (χ3n) is 2.52. The number of hydrogen-bond donors (Lipinski definition) is 0. The number of carbonyl (C=O) groups excluding carboxylic acids is 1. The molecule has 1 aromatic heterocycles. The minimum atomic E-state index is -0.0923. The molecule has 0 saturated heterocycles. The molecular formula is C13H11N3OS. The highest BCUT2D eigenvalue weighted by atomic mass is 32.1. The fourth-order valence-electron chi connectivity index (χ4n) is 1.50. The normalized spacial score (nSPS) is 9.83. The first-order valence-electron chi connectivity index (χ1n) is 5.32. The SMILES string of the molecule is Cc1ncc(C(=O)N(C)c2ccc(C#N)cc2)s1. The van der Waals surface area contributed by atoms with E-state index in [0.717, 1.165) is 10.7 Å². The van der Waals surface area contributed by atoms with Gasteiger partial charge in [0.05, 0.1) is 22.8 Å². The molecule has 4 nitrogen and oxygen atoms in total. The Bertz CT molecular complexity index is 610. The summed E-state index contributed by atoms with van der Waals surface area (Å²) in [7, 11) is 1.71.